The Morgan fingerprint density at radius 2 is 1.73 bits per heavy atom. The van der Waals surface area contributed by atoms with Gasteiger partial charge in [-0.3, -0.25) is 14.4 Å². The summed E-state index contributed by atoms with van der Waals surface area (Å²) in [7, 11) is -4.51. The van der Waals surface area contributed by atoms with Crippen molar-refractivity contribution >= 4 is 44.9 Å². The van der Waals surface area contributed by atoms with E-state index in [1.807, 2.05) is 4.72 Å². The summed E-state index contributed by atoms with van der Waals surface area (Å²) in [6.07, 6.45) is -3.98. The predicted octanol–water partition coefficient (Wildman–Crippen LogP) is 4.64. The van der Waals surface area contributed by atoms with Crippen LogP contribution in [0.2, 0.25) is 0 Å². The molecule has 2 heterocycles. The number of nitrogens with zero attached hydrogens (tertiary/aromatic N) is 2. The third-order valence-corrected chi connectivity index (χ3v) is 10.7. The lowest BCUT2D eigenvalue weighted by atomic mass is 9.85. The van der Waals surface area contributed by atoms with Gasteiger partial charge in [0.2, 0.25) is 17.7 Å². The first-order valence-corrected chi connectivity index (χ1v) is 19.3. The molecule has 1 aromatic carbocycles. The molecule has 0 radical (unpaired) electrons. The summed E-state index contributed by atoms with van der Waals surface area (Å²) >= 11 is 0. The number of fused-ring (bicyclic) bond motifs is 1. The Bertz CT molecular complexity index is 1940. The van der Waals surface area contributed by atoms with Gasteiger partial charge >= 0.3 is 22.8 Å². The lowest BCUT2D eigenvalue weighted by Crippen LogP contribution is -2.60. The van der Waals surface area contributed by atoms with Crippen molar-refractivity contribution in [3.05, 3.63) is 30.5 Å². The highest BCUT2D eigenvalue weighted by molar-refractivity contribution is 7.85. The molecule has 3 N–H and O–H groups in total. The van der Waals surface area contributed by atoms with Crippen molar-refractivity contribution in [2.75, 3.05) is 6.54 Å². The lowest BCUT2D eigenvalue weighted by molar-refractivity contribution is -0.274. The number of carbonyl (C=O) groups excluding carboxylic acids is 4. The Balaban J connectivity index is 1.44. The molecule has 1 aromatic heterocycles. The molecule has 304 valence electrons. The van der Waals surface area contributed by atoms with Gasteiger partial charge in [0.25, 0.3) is 5.91 Å². The number of alkyl halides is 3. The van der Waals surface area contributed by atoms with Gasteiger partial charge < -0.3 is 29.7 Å². The van der Waals surface area contributed by atoms with Crippen LogP contribution < -0.4 is 24.8 Å². The quantitative estimate of drug-likeness (QED) is 0.271. The smallest absolute Gasteiger partial charge is 0.472 e. The number of amides is 4. The number of rotatable bonds is 12. The Morgan fingerprint density at radius 3 is 2.29 bits per heavy atom. The number of benzene rings is 1. The zero-order chi connectivity index (χ0) is 40.9. The number of carbonyl (C=O) groups is 4. The third-order valence-electron chi connectivity index (χ3n) is 9.67. The van der Waals surface area contributed by atoms with E-state index in [9.17, 15) is 40.8 Å². The Hall–Kier alpha value is -4.39. The van der Waals surface area contributed by atoms with Crippen molar-refractivity contribution in [1.82, 2.24) is 25.2 Å². The number of hydrogen-bond donors (Lipinski definition) is 3. The van der Waals surface area contributed by atoms with Crippen LogP contribution in [0.4, 0.5) is 18.0 Å². The van der Waals surface area contributed by atoms with Crippen molar-refractivity contribution in [3.63, 3.8) is 0 Å². The van der Waals surface area contributed by atoms with Crippen LogP contribution in [-0.4, -0.2) is 90.0 Å². The number of hydrogen-bond acceptors (Lipinski definition) is 11. The fourth-order valence-corrected chi connectivity index (χ4v) is 7.70. The fourth-order valence-electron chi connectivity index (χ4n) is 6.56. The van der Waals surface area contributed by atoms with Crippen LogP contribution >= 0.6 is 0 Å². The van der Waals surface area contributed by atoms with Crippen molar-refractivity contribution < 1.29 is 59.2 Å². The highest BCUT2D eigenvalue weighted by atomic mass is 32.2. The van der Waals surface area contributed by atoms with E-state index in [2.05, 4.69) is 20.4 Å². The van der Waals surface area contributed by atoms with Crippen molar-refractivity contribution in [2.45, 2.75) is 129 Å². The number of nitrogens with one attached hydrogen (secondary N) is 3. The molecule has 0 unspecified atom stereocenters. The largest absolute Gasteiger partial charge is 0.573 e. The normalized spacial score (nSPS) is 24.1. The summed E-state index contributed by atoms with van der Waals surface area (Å²) in [6.45, 7) is 13.3. The van der Waals surface area contributed by atoms with Gasteiger partial charge in [-0.15, -0.1) is 13.2 Å². The molecule has 1 aliphatic heterocycles. The molecule has 2 saturated carbocycles. The van der Waals surface area contributed by atoms with Gasteiger partial charge in [0.15, 0.2) is 0 Å². The van der Waals surface area contributed by atoms with E-state index in [0.29, 0.717) is 30.0 Å². The summed E-state index contributed by atoms with van der Waals surface area (Å²) < 4.78 is 86.9. The first kappa shape index (κ1) is 41.8. The van der Waals surface area contributed by atoms with Crippen molar-refractivity contribution in [2.24, 2.45) is 11.3 Å². The SMILES string of the molecule is CC[C@@H]1C[C@]1(NC(=O)[C@@H]1C[C@@H](Oc2nccc3cc(OC(F)(F)F)ccc23)CN1C(=O)[C@@H](NC(=O)OC(C)(C)C)C(C)(C)C)C(=O)NS(=O)(=O)OC1(C)CC1. The standard InChI is InChI=1S/C36H48F3N5O10S/c1-9-21-18-35(21,30(47)43-55(49,50)54-34(8)13-14-34)42-27(45)25-17-23(19-44(25)29(46)26(32(2,3)4)41-31(48)53-33(5,6)7)51-28-24-11-10-22(52-36(37,38)39)16-20(24)12-15-40-28/h10-12,15-16,21,23,25-26H,9,13-14,17-19H2,1-8H3,(H,41,48)(H,42,45)(H,43,47)/t21-,23-,25+,26-,35-/m1/s1. The molecule has 0 spiro atoms. The highest BCUT2D eigenvalue weighted by Gasteiger charge is 2.62. The molecule has 3 aliphatic rings. The van der Waals surface area contributed by atoms with Crippen LogP contribution in [0.25, 0.3) is 10.8 Å². The molecule has 2 aromatic rings. The number of halogens is 3. The van der Waals surface area contributed by atoms with Crippen LogP contribution in [-0.2, 0) is 33.6 Å². The zero-order valence-corrected chi connectivity index (χ0v) is 32.8. The maximum absolute atomic E-state index is 14.5. The maximum Gasteiger partial charge on any atom is 0.573 e. The Morgan fingerprint density at radius 1 is 1.05 bits per heavy atom. The van der Waals surface area contributed by atoms with Gasteiger partial charge in [-0.05, 0) is 87.9 Å². The van der Waals surface area contributed by atoms with Gasteiger partial charge in [-0.25, -0.2) is 18.7 Å². The topological polar surface area (TPSA) is 192 Å². The van der Waals surface area contributed by atoms with Crippen LogP contribution in [0, 0.1) is 11.3 Å². The molecule has 5 atom stereocenters. The zero-order valence-electron chi connectivity index (χ0n) is 32.0. The molecule has 19 heteroatoms. The van der Waals surface area contributed by atoms with Gasteiger partial charge in [-0.1, -0.05) is 34.1 Å². The fraction of sp³-hybridized carbons (Fsp3) is 0.639. The average molecular weight is 800 g/mol. The summed E-state index contributed by atoms with van der Waals surface area (Å²) in [6, 6.07) is 2.56. The van der Waals surface area contributed by atoms with Gasteiger partial charge in [0.05, 0.1) is 12.1 Å². The first-order chi connectivity index (χ1) is 25.2. The van der Waals surface area contributed by atoms with E-state index in [0.717, 1.165) is 12.1 Å². The van der Waals surface area contributed by atoms with Crippen LogP contribution in [0.3, 0.4) is 0 Å². The Kier molecular flexibility index (Phi) is 11.1. The predicted molar refractivity (Wildman–Crippen MR) is 191 cm³/mol. The molecule has 3 fully saturated rings. The van der Waals surface area contributed by atoms with E-state index >= 15 is 0 Å². The molecule has 4 amide bonds. The summed E-state index contributed by atoms with van der Waals surface area (Å²) in [5.41, 5.74) is -4.32. The summed E-state index contributed by atoms with van der Waals surface area (Å²) in [5.74, 6) is -3.30. The van der Waals surface area contributed by atoms with E-state index in [4.69, 9.17) is 13.7 Å². The second-order valence-electron chi connectivity index (χ2n) is 16.7. The van der Waals surface area contributed by atoms with E-state index in [1.165, 1.54) is 23.2 Å². The van der Waals surface area contributed by atoms with E-state index in [-0.39, 0.29) is 25.3 Å². The second-order valence-corrected chi connectivity index (χ2v) is 17.9. The number of pyridine rings is 1. The number of likely N-dealkylation sites (tertiary alicyclic amines) is 1. The molecule has 1 saturated heterocycles. The minimum atomic E-state index is -4.91. The number of alkyl carbamates (subject to hydrolysis) is 1. The molecule has 2 aliphatic carbocycles. The minimum absolute atomic E-state index is 0.00687. The maximum atomic E-state index is 14.5. The molecule has 5 rings (SSSR count). The van der Waals surface area contributed by atoms with E-state index < -0.39 is 92.5 Å². The minimum Gasteiger partial charge on any atom is -0.472 e. The highest BCUT2D eigenvalue weighted by Crippen LogP contribution is 2.47. The molecule has 55 heavy (non-hydrogen) atoms. The van der Waals surface area contributed by atoms with Gasteiger partial charge in [0, 0.05) is 18.0 Å². The first-order valence-electron chi connectivity index (χ1n) is 17.9. The van der Waals surface area contributed by atoms with Gasteiger partial charge in [0.1, 0.15) is 35.1 Å². The summed E-state index contributed by atoms with van der Waals surface area (Å²) in [4.78, 5) is 60.7. The second kappa shape index (κ2) is 14.6. The summed E-state index contributed by atoms with van der Waals surface area (Å²) in [5, 5.41) is 5.99. The average Bonchev–Trinajstić information content (AvgIpc) is 3.89. The monoisotopic (exact) mass is 799 g/mol. The van der Waals surface area contributed by atoms with Crippen LogP contribution in [0.5, 0.6) is 11.6 Å². The van der Waals surface area contributed by atoms with E-state index in [1.54, 1.807) is 55.4 Å². The molecular weight excluding hydrogens is 751 g/mol. The third kappa shape index (κ3) is 10.3. The van der Waals surface area contributed by atoms with Crippen LogP contribution in [0.1, 0.15) is 87.5 Å². The van der Waals surface area contributed by atoms with Gasteiger partial charge in [-0.2, -0.15) is 8.42 Å². The number of aromatic nitrogens is 1. The van der Waals surface area contributed by atoms with Crippen LogP contribution in [0.15, 0.2) is 30.5 Å². The Labute approximate surface area is 317 Å². The van der Waals surface area contributed by atoms with Crippen molar-refractivity contribution in [1.29, 1.82) is 0 Å². The lowest BCUT2D eigenvalue weighted by Gasteiger charge is -2.36. The molecule has 15 nitrogen and oxygen atoms in total. The molecular formula is C36H48F3N5O10S. The van der Waals surface area contributed by atoms with Crippen molar-refractivity contribution in [3.8, 4) is 11.6 Å². The number of ether oxygens (including phenoxy) is 3. The molecule has 0 bridgehead atoms.